The normalized spacial score (nSPS) is 14.3. The van der Waals surface area contributed by atoms with Crippen LogP contribution in [0.2, 0.25) is 0 Å². The summed E-state index contributed by atoms with van der Waals surface area (Å²) in [5.74, 6) is -0.0902. The molecule has 0 atom stereocenters. The van der Waals surface area contributed by atoms with Gasteiger partial charge in [-0.3, -0.25) is 14.9 Å². The van der Waals surface area contributed by atoms with Crippen LogP contribution in [-0.2, 0) is 0 Å². The van der Waals surface area contributed by atoms with Crippen LogP contribution in [0.1, 0.15) is 15.9 Å². The van der Waals surface area contributed by atoms with Crippen molar-refractivity contribution in [3.05, 3.63) is 58.0 Å². The van der Waals surface area contributed by atoms with Crippen LogP contribution >= 0.6 is 0 Å². The maximum Gasteiger partial charge on any atom is 0.270 e. The molecule has 0 radical (unpaired) electrons. The third-order valence-corrected chi connectivity index (χ3v) is 3.99. The highest BCUT2D eigenvalue weighted by Crippen LogP contribution is 2.26. The molecule has 0 spiro atoms. The molecule has 0 saturated carbocycles. The number of nitriles is 1. The lowest BCUT2D eigenvalue weighted by atomic mass is 10.1. The van der Waals surface area contributed by atoms with Crippen molar-refractivity contribution >= 4 is 17.3 Å². The molecule has 1 aliphatic rings. The number of carbonyl (C=O) groups excluding carboxylic acids is 1. The molecule has 1 aromatic carbocycles. The molecule has 0 N–H and O–H groups in total. The molecule has 2 heterocycles. The van der Waals surface area contributed by atoms with E-state index in [-0.39, 0.29) is 17.2 Å². The van der Waals surface area contributed by atoms with E-state index in [1.807, 2.05) is 11.0 Å². The van der Waals surface area contributed by atoms with E-state index in [0.717, 1.165) is 0 Å². The van der Waals surface area contributed by atoms with Gasteiger partial charge in [-0.25, -0.2) is 0 Å². The van der Waals surface area contributed by atoms with Crippen molar-refractivity contribution in [3.8, 4) is 6.07 Å². The summed E-state index contributed by atoms with van der Waals surface area (Å²) in [4.78, 5) is 26.2. The Labute approximate surface area is 137 Å². The number of furan rings is 1. The predicted molar refractivity (Wildman–Crippen MR) is 84.6 cm³/mol. The van der Waals surface area contributed by atoms with Crippen molar-refractivity contribution in [2.45, 2.75) is 0 Å². The van der Waals surface area contributed by atoms with Gasteiger partial charge < -0.3 is 14.2 Å². The van der Waals surface area contributed by atoms with Gasteiger partial charge in [-0.1, -0.05) is 0 Å². The Balaban J connectivity index is 1.72. The number of rotatable bonds is 3. The highest BCUT2D eigenvalue weighted by atomic mass is 16.6. The highest BCUT2D eigenvalue weighted by molar-refractivity contribution is 5.94. The largest absolute Gasteiger partial charge is 0.472 e. The Kier molecular flexibility index (Phi) is 4.16. The van der Waals surface area contributed by atoms with Crippen molar-refractivity contribution in [1.82, 2.24) is 4.90 Å². The second-order valence-corrected chi connectivity index (χ2v) is 5.36. The van der Waals surface area contributed by atoms with Crippen molar-refractivity contribution in [1.29, 1.82) is 5.26 Å². The van der Waals surface area contributed by atoms with Gasteiger partial charge >= 0.3 is 0 Å². The number of hydrogen-bond acceptors (Lipinski definition) is 6. The molecule has 3 rings (SSSR count). The number of nitrogens with zero attached hydrogens (tertiary/aromatic N) is 4. The van der Waals surface area contributed by atoms with Gasteiger partial charge in [-0.15, -0.1) is 0 Å². The van der Waals surface area contributed by atoms with Crippen molar-refractivity contribution in [2.24, 2.45) is 0 Å². The lowest BCUT2D eigenvalue weighted by Crippen LogP contribution is -2.48. The summed E-state index contributed by atoms with van der Waals surface area (Å²) in [6.45, 7) is 2.11. The molecule has 1 fully saturated rings. The number of benzene rings is 1. The van der Waals surface area contributed by atoms with Crippen molar-refractivity contribution in [2.75, 3.05) is 31.1 Å². The van der Waals surface area contributed by atoms with Crippen molar-refractivity contribution < 1.29 is 14.1 Å². The zero-order chi connectivity index (χ0) is 17.1. The SMILES string of the molecule is N#Cc1cc([N+](=O)[O-])ccc1N1CCN(C(=O)c2ccoc2)CC1. The summed E-state index contributed by atoms with van der Waals surface area (Å²) in [6, 6.07) is 7.88. The second kappa shape index (κ2) is 6.42. The molecule has 1 aromatic heterocycles. The number of nitro groups is 1. The lowest BCUT2D eigenvalue weighted by Gasteiger charge is -2.36. The first-order valence-corrected chi connectivity index (χ1v) is 7.35. The van der Waals surface area contributed by atoms with E-state index < -0.39 is 4.92 Å². The van der Waals surface area contributed by atoms with E-state index in [4.69, 9.17) is 4.42 Å². The monoisotopic (exact) mass is 326 g/mol. The van der Waals surface area contributed by atoms with Gasteiger partial charge in [-0.05, 0) is 12.1 Å². The van der Waals surface area contributed by atoms with Gasteiger partial charge in [0.05, 0.1) is 28.0 Å². The summed E-state index contributed by atoms with van der Waals surface area (Å²) in [5, 5.41) is 20.1. The predicted octanol–water partition coefficient (Wildman–Crippen LogP) is 2.02. The highest BCUT2D eigenvalue weighted by Gasteiger charge is 2.24. The smallest absolute Gasteiger partial charge is 0.270 e. The summed E-state index contributed by atoms with van der Waals surface area (Å²) in [7, 11) is 0. The molecule has 0 unspecified atom stereocenters. The number of non-ortho nitro benzene ring substituents is 1. The minimum absolute atomic E-state index is 0.0902. The first-order valence-electron chi connectivity index (χ1n) is 7.35. The van der Waals surface area contributed by atoms with Gasteiger partial charge in [0.15, 0.2) is 0 Å². The van der Waals surface area contributed by atoms with E-state index in [2.05, 4.69) is 0 Å². The quantitative estimate of drug-likeness (QED) is 0.631. The number of nitro benzene ring substituents is 1. The first-order chi connectivity index (χ1) is 11.6. The summed E-state index contributed by atoms with van der Waals surface area (Å²) in [5.41, 5.74) is 1.32. The van der Waals surface area contributed by atoms with Gasteiger partial charge in [0.2, 0.25) is 0 Å². The Hall–Kier alpha value is -3.34. The number of piperazine rings is 1. The van der Waals surface area contributed by atoms with Crippen LogP contribution in [0.25, 0.3) is 0 Å². The van der Waals surface area contributed by atoms with E-state index in [0.29, 0.717) is 37.4 Å². The average Bonchev–Trinajstić information content (AvgIpc) is 3.15. The van der Waals surface area contributed by atoms with Crippen LogP contribution in [0.4, 0.5) is 11.4 Å². The Bertz CT molecular complexity index is 802. The van der Waals surface area contributed by atoms with Crippen LogP contribution in [0.15, 0.2) is 41.2 Å². The Morgan fingerprint density at radius 3 is 2.58 bits per heavy atom. The lowest BCUT2D eigenvalue weighted by molar-refractivity contribution is -0.384. The van der Waals surface area contributed by atoms with Crippen molar-refractivity contribution in [3.63, 3.8) is 0 Å². The fraction of sp³-hybridized carbons (Fsp3) is 0.250. The van der Waals surface area contributed by atoms with Crippen LogP contribution in [0.3, 0.4) is 0 Å². The van der Waals surface area contributed by atoms with E-state index >= 15 is 0 Å². The summed E-state index contributed by atoms with van der Waals surface area (Å²) >= 11 is 0. The molecule has 1 amide bonds. The molecule has 1 saturated heterocycles. The summed E-state index contributed by atoms with van der Waals surface area (Å²) < 4.78 is 4.93. The Morgan fingerprint density at radius 2 is 2.00 bits per heavy atom. The van der Waals surface area contributed by atoms with Gasteiger partial charge in [0.25, 0.3) is 11.6 Å². The topological polar surface area (TPSA) is 104 Å². The summed E-state index contributed by atoms with van der Waals surface area (Å²) in [6.07, 6.45) is 2.87. The molecule has 8 nitrogen and oxygen atoms in total. The maximum atomic E-state index is 12.3. The van der Waals surface area contributed by atoms with Gasteiger partial charge in [-0.2, -0.15) is 5.26 Å². The van der Waals surface area contributed by atoms with Crippen LogP contribution in [-0.4, -0.2) is 41.9 Å². The van der Waals surface area contributed by atoms with Gasteiger partial charge in [0.1, 0.15) is 12.3 Å². The van der Waals surface area contributed by atoms with Crippen LogP contribution < -0.4 is 4.90 Å². The fourth-order valence-electron chi connectivity index (χ4n) is 2.72. The third kappa shape index (κ3) is 2.92. The van der Waals surface area contributed by atoms with Crippen LogP contribution in [0.5, 0.6) is 0 Å². The molecule has 8 heteroatoms. The molecule has 1 aliphatic heterocycles. The Morgan fingerprint density at radius 1 is 1.25 bits per heavy atom. The molecular weight excluding hydrogens is 312 g/mol. The number of carbonyl (C=O) groups is 1. The number of amides is 1. The number of hydrogen-bond donors (Lipinski definition) is 0. The molecule has 122 valence electrons. The van der Waals surface area contributed by atoms with Gasteiger partial charge in [0, 0.05) is 38.3 Å². The zero-order valence-corrected chi connectivity index (χ0v) is 12.7. The van der Waals surface area contributed by atoms with E-state index in [1.165, 1.54) is 24.7 Å². The fourth-order valence-corrected chi connectivity index (χ4v) is 2.72. The maximum absolute atomic E-state index is 12.3. The zero-order valence-electron chi connectivity index (χ0n) is 12.7. The van der Waals surface area contributed by atoms with Crippen LogP contribution in [0, 0.1) is 21.4 Å². The third-order valence-electron chi connectivity index (χ3n) is 3.99. The molecule has 2 aromatic rings. The van der Waals surface area contributed by atoms with E-state index in [1.54, 1.807) is 17.0 Å². The van der Waals surface area contributed by atoms with E-state index in [9.17, 15) is 20.2 Å². The standard InChI is InChI=1S/C16H14N4O4/c17-10-13-9-14(20(22)23)1-2-15(13)18-4-6-19(7-5-18)16(21)12-3-8-24-11-12/h1-3,8-9,11H,4-7H2. The first kappa shape index (κ1) is 15.6. The number of anilines is 1. The second-order valence-electron chi connectivity index (χ2n) is 5.36. The molecule has 24 heavy (non-hydrogen) atoms. The average molecular weight is 326 g/mol. The molecular formula is C16H14N4O4. The molecule has 0 aliphatic carbocycles. The minimum atomic E-state index is -0.522. The molecule has 0 bridgehead atoms. The minimum Gasteiger partial charge on any atom is -0.472 e.